The predicted molar refractivity (Wildman–Crippen MR) is 78.1 cm³/mol. The Labute approximate surface area is 118 Å². The molecule has 0 atom stereocenters. The summed E-state index contributed by atoms with van der Waals surface area (Å²) in [5.41, 5.74) is 3.32. The van der Waals surface area contributed by atoms with Crippen LogP contribution in [0.4, 0.5) is 11.6 Å². The highest BCUT2D eigenvalue weighted by Gasteiger charge is 2.13. The normalized spacial score (nSPS) is 10.4. The average Bonchev–Trinajstić information content (AvgIpc) is 2.69. The molecular formula is C13H20N6O. The topological polar surface area (TPSA) is 76.9 Å². The van der Waals surface area contributed by atoms with E-state index in [1.165, 1.54) is 11.9 Å². The van der Waals surface area contributed by atoms with E-state index in [0.717, 1.165) is 11.4 Å². The molecule has 0 saturated carbocycles. The molecule has 0 aliphatic rings. The zero-order chi connectivity index (χ0) is 14.7. The number of methoxy groups -OCH3 is 1. The highest BCUT2D eigenvalue weighted by atomic mass is 16.5. The number of ether oxygens (including phenoxy) is 1. The van der Waals surface area contributed by atoms with Gasteiger partial charge in [0.1, 0.15) is 6.33 Å². The van der Waals surface area contributed by atoms with Crippen molar-refractivity contribution < 1.29 is 4.74 Å². The molecule has 2 rings (SSSR count). The largest absolute Gasteiger partial charge is 0.490 e. The van der Waals surface area contributed by atoms with Crippen molar-refractivity contribution in [3.05, 3.63) is 23.3 Å². The fourth-order valence-corrected chi connectivity index (χ4v) is 2.12. The van der Waals surface area contributed by atoms with E-state index in [2.05, 4.69) is 25.7 Å². The molecule has 2 aromatic heterocycles. The molecule has 0 saturated heterocycles. The number of hydrogen-bond acceptors (Lipinski definition) is 6. The Kier molecular flexibility index (Phi) is 4.07. The first-order valence-corrected chi connectivity index (χ1v) is 6.38. The zero-order valence-corrected chi connectivity index (χ0v) is 12.5. The van der Waals surface area contributed by atoms with E-state index < -0.39 is 0 Å². The van der Waals surface area contributed by atoms with Crippen LogP contribution in [0, 0.1) is 13.8 Å². The van der Waals surface area contributed by atoms with E-state index in [1.54, 1.807) is 14.2 Å². The van der Waals surface area contributed by atoms with Gasteiger partial charge in [-0.2, -0.15) is 5.10 Å². The highest BCUT2D eigenvalue weighted by Crippen LogP contribution is 2.29. The third-order valence-electron chi connectivity index (χ3n) is 3.34. The zero-order valence-electron chi connectivity index (χ0n) is 12.5. The van der Waals surface area contributed by atoms with Crippen LogP contribution in [-0.2, 0) is 13.6 Å². The first kappa shape index (κ1) is 14.1. The summed E-state index contributed by atoms with van der Waals surface area (Å²) in [5, 5.41) is 10.7. The lowest BCUT2D eigenvalue weighted by molar-refractivity contribution is 0.415. The Morgan fingerprint density at radius 3 is 2.50 bits per heavy atom. The van der Waals surface area contributed by atoms with E-state index in [4.69, 9.17) is 4.74 Å². The minimum atomic E-state index is 0.606. The van der Waals surface area contributed by atoms with Crippen LogP contribution >= 0.6 is 0 Å². The molecule has 20 heavy (non-hydrogen) atoms. The molecule has 7 heteroatoms. The van der Waals surface area contributed by atoms with Crippen molar-refractivity contribution in [2.75, 3.05) is 24.8 Å². The lowest BCUT2D eigenvalue weighted by atomic mass is 10.2. The summed E-state index contributed by atoms with van der Waals surface area (Å²) in [6.45, 7) is 4.69. The van der Waals surface area contributed by atoms with Gasteiger partial charge in [0.05, 0.1) is 12.8 Å². The Morgan fingerprint density at radius 1 is 1.25 bits per heavy atom. The molecule has 0 unspecified atom stereocenters. The van der Waals surface area contributed by atoms with Gasteiger partial charge in [0.2, 0.25) is 5.75 Å². The maximum Gasteiger partial charge on any atom is 0.204 e. The quantitative estimate of drug-likeness (QED) is 0.861. The van der Waals surface area contributed by atoms with Gasteiger partial charge in [-0.25, -0.2) is 9.97 Å². The Bertz CT molecular complexity index is 607. The van der Waals surface area contributed by atoms with Gasteiger partial charge in [-0.1, -0.05) is 0 Å². The van der Waals surface area contributed by atoms with Crippen LogP contribution in [0.3, 0.4) is 0 Å². The van der Waals surface area contributed by atoms with Crippen LogP contribution in [-0.4, -0.2) is 33.9 Å². The van der Waals surface area contributed by atoms with Gasteiger partial charge in [-0.05, 0) is 13.8 Å². The molecule has 108 valence electrons. The molecule has 2 heterocycles. The summed E-state index contributed by atoms with van der Waals surface area (Å²) in [6.07, 6.45) is 1.50. The van der Waals surface area contributed by atoms with Gasteiger partial charge in [-0.3, -0.25) is 4.68 Å². The standard InChI is InChI=1S/C13H20N6O/c1-8-10(9(2)19(4)18-8)6-15-13-11(20-5)12(14-3)16-7-17-13/h7H,6H2,1-5H3,(H2,14,15,16,17). The third-order valence-corrected chi connectivity index (χ3v) is 3.34. The number of aromatic nitrogens is 4. The minimum Gasteiger partial charge on any atom is -0.490 e. The summed E-state index contributed by atoms with van der Waals surface area (Å²) >= 11 is 0. The second-order valence-electron chi connectivity index (χ2n) is 4.48. The lowest BCUT2D eigenvalue weighted by Crippen LogP contribution is -2.07. The van der Waals surface area contributed by atoms with Gasteiger partial charge >= 0.3 is 0 Å². The van der Waals surface area contributed by atoms with Crippen molar-refractivity contribution in [1.29, 1.82) is 0 Å². The lowest BCUT2D eigenvalue weighted by Gasteiger charge is -2.12. The van der Waals surface area contributed by atoms with Crippen LogP contribution in [0.15, 0.2) is 6.33 Å². The first-order valence-electron chi connectivity index (χ1n) is 6.38. The summed E-state index contributed by atoms with van der Waals surface area (Å²) in [4.78, 5) is 8.34. The van der Waals surface area contributed by atoms with E-state index in [-0.39, 0.29) is 0 Å². The van der Waals surface area contributed by atoms with Crippen LogP contribution in [0.5, 0.6) is 5.75 Å². The number of nitrogens with zero attached hydrogens (tertiary/aromatic N) is 4. The van der Waals surface area contributed by atoms with Crippen molar-refractivity contribution in [2.24, 2.45) is 7.05 Å². The number of hydrogen-bond donors (Lipinski definition) is 2. The second kappa shape index (κ2) is 5.77. The van der Waals surface area contributed by atoms with Crippen molar-refractivity contribution in [3.63, 3.8) is 0 Å². The fourth-order valence-electron chi connectivity index (χ4n) is 2.12. The van der Waals surface area contributed by atoms with Crippen LogP contribution in [0.1, 0.15) is 17.0 Å². The molecule has 0 spiro atoms. The van der Waals surface area contributed by atoms with Crippen LogP contribution < -0.4 is 15.4 Å². The molecule has 0 bridgehead atoms. The van der Waals surface area contributed by atoms with E-state index in [9.17, 15) is 0 Å². The van der Waals surface area contributed by atoms with Crippen molar-refractivity contribution in [1.82, 2.24) is 19.7 Å². The second-order valence-corrected chi connectivity index (χ2v) is 4.48. The van der Waals surface area contributed by atoms with E-state index in [1.807, 2.05) is 25.6 Å². The Hall–Kier alpha value is -2.31. The molecule has 0 aromatic carbocycles. The van der Waals surface area contributed by atoms with Crippen LogP contribution in [0.25, 0.3) is 0 Å². The molecule has 0 aliphatic carbocycles. The van der Waals surface area contributed by atoms with Gasteiger partial charge in [0.15, 0.2) is 11.6 Å². The summed E-state index contributed by atoms with van der Waals surface area (Å²) < 4.78 is 7.23. The number of anilines is 2. The molecule has 0 aliphatic heterocycles. The smallest absolute Gasteiger partial charge is 0.204 e. The van der Waals surface area contributed by atoms with Crippen molar-refractivity contribution >= 4 is 11.6 Å². The Morgan fingerprint density at radius 2 is 1.95 bits per heavy atom. The molecule has 0 fully saturated rings. The molecule has 2 N–H and O–H groups in total. The molecule has 0 amide bonds. The average molecular weight is 276 g/mol. The van der Waals surface area contributed by atoms with Crippen LogP contribution in [0.2, 0.25) is 0 Å². The van der Waals surface area contributed by atoms with Gasteiger partial charge in [0.25, 0.3) is 0 Å². The number of nitrogens with one attached hydrogen (secondary N) is 2. The summed E-state index contributed by atoms with van der Waals surface area (Å²) in [6, 6.07) is 0. The van der Waals surface area contributed by atoms with E-state index >= 15 is 0 Å². The molecule has 7 nitrogen and oxygen atoms in total. The summed E-state index contributed by atoms with van der Waals surface area (Å²) in [5.74, 6) is 1.92. The van der Waals surface area contributed by atoms with Crippen molar-refractivity contribution in [2.45, 2.75) is 20.4 Å². The molecule has 0 radical (unpaired) electrons. The van der Waals surface area contributed by atoms with Gasteiger partial charge in [-0.15, -0.1) is 0 Å². The Balaban J connectivity index is 2.23. The predicted octanol–water partition coefficient (Wildman–Crippen LogP) is 1.49. The number of rotatable bonds is 5. The molecular weight excluding hydrogens is 256 g/mol. The van der Waals surface area contributed by atoms with E-state index in [0.29, 0.717) is 23.9 Å². The fraction of sp³-hybridized carbons (Fsp3) is 0.462. The molecule has 2 aromatic rings. The monoisotopic (exact) mass is 276 g/mol. The first-order chi connectivity index (χ1) is 9.58. The van der Waals surface area contributed by atoms with Gasteiger partial charge < -0.3 is 15.4 Å². The maximum absolute atomic E-state index is 5.35. The SMILES string of the molecule is CNc1ncnc(NCc2c(C)nn(C)c2C)c1OC. The van der Waals surface area contributed by atoms with Crippen molar-refractivity contribution in [3.8, 4) is 5.75 Å². The maximum atomic E-state index is 5.35. The third kappa shape index (κ3) is 2.52. The summed E-state index contributed by atoms with van der Waals surface area (Å²) in [7, 11) is 5.34. The highest BCUT2D eigenvalue weighted by molar-refractivity contribution is 5.63. The van der Waals surface area contributed by atoms with Gasteiger partial charge in [0, 0.05) is 31.9 Å². The number of aryl methyl sites for hydroxylation is 2. The minimum absolute atomic E-state index is 0.606.